The third kappa shape index (κ3) is 4.18. The van der Waals surface area contributed by atoms with Crippen LogP contribution in [0.4, 0.5) is 5.95 Å². The van der Waals surface area contributed by atoms with Crippen LogP contribution in [0.25, 0.3) is 0 Å². The van der Waals surface area contributed by atoms with Gasteiger partial charge in [-0.1, -0.05) is 12.1 Å². The summed E-state index contributed by atoms with van der Waals surface area (Å²) in [6, 6.07) is 6.73. The fraction of sp³-hybridized carbons (Fsp3) is 0.312. The molecule has 1 N–H and O–H groups in total. The van der Waals surface area contributed by atoms with Gasteiger partial charge in [0.1, 0.15) is 5.75 Å². The topological polar surface area (TPSA) is 69.6 Å². The Bertz CT molecular complexity index is 641. The number of rotatable bonds is 5. The van der Waals surface area contributed by atoms with Crippen LogP contribution >= 0.6 is 0 Å². The van der Waals surface area contributed by atoms with Gasteiger partial charge in [-0.15, -0.1) is 0 Å². The molecule has 2 rings (SSSR count). The highest BCUT2D eigenvalue weighted by molar-refractivity contribution is 5.78. The summed E-state index contributed by atoms with van der Waals surface area (Å²) in [7, 11) is 5.49. The molecule has 0 aliphatic rings. The summed E-state index contributed by atoms with van der Waals surface area (Å²) < 4.78 is 0. The number of hydrogen-bond donors (Lipinski definition) is 1. The minimum absolute atomic E-state index is 0.0257. The van der Waals surface area contributed by atoms with Gasteiger partial charge in [0, 0.05) is 45.6 Å². The summed E-state index contributed by atoms with van der Waals surface area (Å²) in [5, 5.41) is 9.43. The van der Waals surface area contributed by atoms with E-state index in [0.29, 0.717) is 12.5 Å². The van der Waals surface area contributed by atoms with Crippen molar-refractivity contribution in [3.63, 3.8) is 0 Å². The minimum atomic E-state index is -0.0257. The van der Waals surface area contributed by atoms with Gasteiger partial charge in [0.25, 0.3) is 0 Å². The Hall–Kier alpha value is -2.63. The van der Waals surface area contributed by atoms with E-state index in [0.717, 1.165) is 11.1 Å². The standard InChI is InChI=1S/C16H20N4O2/c1-19(2)16-17-9-13(10-18-16)11-20(3)15(22)8-12-5-4-6-14(21)7-12/h4-7,9-10,21H,8,11H2,1-3H3. The lowest BCUT2D eigenvalue weighted by atomic mass is 10.1. The lowest BCUT2D eigenvalue weighted by Gasteiger charge is -2.17. The molecule has 1 aromatic carbocycles. The van der Waals surface area contributed by atoms with Gasteiger partial charge in [-0.3, -0.25) is 4.79 Å². The minimum Gasteiger partial charge on any atom is -0.508 e. The first-order valence-electron chi connectivity index (χ1n) is 6.96. The van der Waals surface area contributed by atoms with Crippen molar-refractivity contribution in [3.8, 4) is 5.75 Å². The SMILES string of the molecule is CN(Cc1cnc(N(C)C)nc1)C(=O)Cc1cccc(O)c1. The number of amides is 1. The van der Waals surface area contributed by atoms with E-state index in [2.05, 4.69) is 9.97 Å². The number of carbonyl (C=O) groups excluding carboxylic acids is 1. The molecule has 0 unspecified atom stereocenters. The Kier molecular flexibility index (Phi) is 4.93. The van der Waals surface area contributed by atoms with Crippen molar-refractivity contribution in [1.82, 2.24) is 14.9 Å². The zero-order chi connectivity index (χ0) is 16.1. The molecule has 2 aromatic rings. The lowest BCUT2D eigenvalue weighted by Crippen LogP contribution is -2.28. The van der Waals surface area contributed by atoms with Crippen LogP contribution in [0.5, 0.6) is 5.75 Å². The van der Waals surface area contributed by atoms with E-state index >= 15 is 0 Å². The summed E-state index contributed by atoms with van der Waals surface area (Å²) in [5.41, 5.74) is 1.66. The third-order valence-electron chi connectivity index (χ3n) is 3.20. The van der Waals surface area contributed by atoms with Gasteiger partial charge >= 0.3 is 0 Å². The van der Waals surface area contributed by atoms with Crippen molar-refractivity contribution in [3.05, 3.63) is 47.8 Å². The van der Waals surface area contributed by atoms with Crippen molar-refractivity contribution in [2.24, 2.45) is 0 Å². The van der Waals surface area contributed by atoms with Gasteiger partial charge in [-0.05, 0) is 17.7 Å². The van der Waals surface area contributed by atoms with Crippen molar-refractivity contribution >= 4 is 11.9 Å². The van der Waals surface area contributed by atoms with Crippen LogP contribution in [-0.2, 0) is 17.8 Å². The highest BCUT2D eigenvalue weighted by atomic mass is 16.3. The number of nitrogens with zero attached hydrogens (tertiary/aromatic N) is 4. The van der Waals surface area contributed by atoms with Crippen LogP contribution in [0.1, 0.15) is 11.1 Å². The number of benzene rings is 1. The zero-order valence-corrected chi connectivity index (χ0v) is 13.0. The Morgan fingerprint density at radius 2 is 1.82 bits per heavy atom. The van der Waals surface area contributed by atoms with E-state index < -0.39 is 0 Å². The highest BCUT2D eigenvalue weighted by Crippen LogP contribution is 2.13. The van der Waals surface area contributed by atoms with E-state index in [4.69, 9.17) is 0 Å². The van der Waals surface area contributed by atoms with Crippen molar-refractivity contribution < 1.29 is 9.90 Å². The maximum Gasteiger partial charge on any atom is 0.227 e. The first-order valence-corrected chi connectivity index (χ1v) is 6.96. The second-order valence-corrected chi connectivity index (χ2v) is 5.38. The number of hydrogen-bond acceptors (Lipinski definition) is 5. The van der Waals surface area contributed by atoms with Gasteiger partial charge in [0.05, 0.1) is 6.42 Å². The fourth-order valence-electron chi connectivity index (χ4n) is 2.00. The maximum atomic E-state index is 12.2. The van der Waals surface area contributed by atoms with Crippen LogP contribution in [0.3, 0.4) is 0 Å². The van der Waals surface area contributed by atoms with E-state index in [1.165, 1.54) is 0 Å². The van der Waals surface area contributed by atoms with Crippen molar-refractivity contribution in [2.75, 3.05) is 26.0 Å². The molecule has 0 saturated carbocycles. The summed E-state index contributed by atoms with van der Waals surface area (Å²) in [6.45, 7) is 0.450. The van der Waals surface area contributed by atoms with E-state index in [-0.39, 0.29) is 18.1 Å². The predicted octanol–water partition coefficient (Wildman–Crippen LogP) is 1.45. The van der Waals surface area contributed by atoms with Gasteiger partial charge in [-0.25, -0.2) is 9.97 Å². The van der Waals surface area contributed by atoms with Gasteiger partial charge < -0.3 is 14.9 Å². The average Bonchev–Trinajstić information content (AvgIpc) is 2.47. The second-order valence-electron chi connectivity index (χ2n) is 5.38. The van der Waals surface area contributed by atoms with Gasteiger partial charge in [-0.2, -0.15) is 0 Å². The summed E-state index contributed by atoms with van der Waals surface area (Å²) in [5.74, 6) is 0.778. The smallest absolute Gasteiger partial charge is 0.227 e. The number of phenolic OH excluding ortho intramolecular Hbond substituents is 1. The average molecular weight is 300 g/mol. The molecule has 0 fully saturated rings. The van der Waals surface area contributed by atoms with Gasteiger partial charge in [0.2, 0.25) is 11.9 Å². The maximum absolute atomic E-state index is 12.2. The molecule has 0 aliphatic carbocycles. The molecule has 0 bridgehead atoms. The molecule has 1 aromatic heterocycles. The predicted molar refractivity (Wildman–Crippen MR) is 84.6 cm³/mol. The lowest BCUT2D eigenvalue weighted by molar-refractivity contribution is -0.129. The molecular weight excluding hydrogens is 280 g/mol. The van der Waals surface area contributed by atoms with Crippen molar-refractivity contribution in [1.29, 1.82) is 0 Å². The first-order chi connectivity index (χ1) is 10.5. The summed E-state index contributed by atoms with van der Waals surface area (Å²) in [4.78, 5) is 24.1. The molecule has 1 amide bonds. The third-order valence-corrected chi connectivity index (χ3v) is 3.20. The summed E-state index contributed by atoms with van der Waals surface area (Å²) >= 11 is 0. The molecule has 0 aliphatic heterocycles. The quantitative estimate of drug-likeness (QED) is 0.905. The Balaban J connectivity index is 1.96. The Morgan fingerprint density at radius 1 is 1.14 bits per heavy atom. The van der Waals surface area contributed by atoms with Crippen molar-refractivity contribution in [2.45, 2.75) is 13.0 Å². The van der Waals surface area contributed by atoms with E-state index in [9.17, 15) is 9.90 Å². The Morgan fingerprint density at radius 3 is 2.41 bits per heavy atom. The number of aromatic hydroxyl groups is 1. The fourth-order valence-corrected chi connectivity index (χ4v) is 2.00. The van der Waals surface area contributed by atoms with Crippen LogP contribution in [0.15, 0.2) is 36.7 Å². The number of aromatic nitrogens is 2. The monoisotopic (exact) mass is 300 g/mol. The van der Waals surface area contributed by atoms with Gasteiger partial charge in [0.15, 0.2) is 0 Å². The number of phenols is 1. The van der Waals surface area contributed by atoms with E-state index in [1.54, 1.807) is 42.5 Å². The zero-order valence-electron chi connectivity index (χ0n) is 13.0. The number of carbonyl (C=O) groups is 1. The second kappa shape index (κ2) is 6.89. The molecule has 0 radical (unpaired) electrons. The number of anilines is 1. The van der Waals surface area contributed by atoms with E-state index in [1.807, 2.05) is 25.1 Å². The number of likely N-dealkylation sites (N-methyl/N-ethyl adjacent to an activating group) is 1. The Labute approximate surface area is 130 Å². The normalized spacial score (nSPS) is 10.3. The molecule has 0 atom stereocenters. The van der Waals surface area contributed by atoms with Crippen LogP contribution in [0.2, 0.25) is 0 Å². The molecule has 1 heterocycles. The molecule has 6 heteroatoms. The largest absolute Gasteiger partial charge is 0.508 e. The molecule has 0 saturated heterocycles. The van der Waals surface area contributed by atoms with Crippen LogP contribution < -0.4 is 4.90 Å². The van der Waals surface area contributed by atoms with Crippen LogP contribution in [0, 0.1) is 0 Å². The molecule has 22 heavy (non-hydrogen) atoms. The molecule has 6 nitrogen and oxygen atoms in total. The molecule has 0 spiro atoms. The molecule has 116 valence electrons. The highest BCUT2D eigenvalue weighted by Gasteiger charge is 2.11. The first kappa shape index (κ1) is 15.8. The summed E-state index contributed by atoms with van der Waals surface area (Å²) in [6.07, 6.45) is 3.70. The molecular formula is C16H20N4O2. The van der Waals surface area contributed by atoms with Crippen LogP contribution in [-0.4, -0.2) is 47.0 Å².